The van der Waals surface area contributed by atoms with Crippen molar-refractivity contribution in [3.8, 4) is 0 Å². The molecule has 0 aliphatic carbocycles. The van der Waals surface area contributed by atoms with E-state index in [1.165, 1.54) is 6.92 Å². The third-order valence-electron chi connectivity index (χ3n) is 1.69. The lowest BCUT2D eigenvalue weighted by molar-refractivity contribution is -0.140. The summed E-state index contributed by atoms with van der Waals surface area (Å²) in [6, 6.07) is 7.47. The van der Waals surface area contributed by atoms with Crippen LogP contribution in [0.2, 0.25) is 0 Å². The molecule has 0 heterocycles. The Hall–Kier alpha value is -1.84. The molecule has 4 nitrogen and oxygen atoms in total. The molecule has 0 aliphatic rings. The second kappa shape index (κ2) is 4.41. The van der Waals surface area contributed by atoms with E-state index in [1.807, 2.05) is 31.2 Å². The predicted molar refractivity (Wildman–Crippen MR) is 53.7 cm³/mol. The summed E-state index contributed by atoms with van der Waals surface area (Å²) in [5.74, 6) is -0.278. The van der Waals surface area contributed by atoms with E-state index in [0.717, 1.165) is 11.1 Å². The lowest BCUT2D eigenvalue weighted by atomic mass is 10.1. The molecule has 1 aromatic carbocycles. The molecule has 0 aromatic heterocycles. The van der Waals surface area contributed by atoms with Crippen LogP contribution in [0.1, 0.15) is 18.1 Å². The van der Waals surface area contributed by atoms with Gasteiger partial charge < -0.3 is 10.6 Å². The molecule has 0 saturated heterocycles. The maximum absolute atomic E-state index is 10.5. The van der Waals surface area contributed by atoms with E-state index in [2.05, 4.69) is 9.99 Å². The number of carbonyl (C=O) groups excluding carboxylic acids is 1. The number of hydrogen-bond donors (Lipinski definition) is 1. The van der Waals surface area contributed by atoms with E-state index in [-0.39, 0.29) is 5.84 Å². The highest BCUT2D eigenvalue weighted by atomic mass is 16.7. The quantitative estimate of drug-likeness (QED) is 0.331. The van der Waals surface area contributed by atoms with Crippen LogP contribution >= 0.6 is 0 Å². The molecule has 74 valence electrons. The number of rotatable bonds is 2. The molecule has 14 heavy (non-hydrogen) atoms. The zero-order valence-electron chi connectivity index (χ0n) is 8.15. The molecule has 0 spiro atoms. The van der Waals surface area contributed by atoms with Gasteiger partial charge in [-0.3, -0.25) is 0 Å². The van der Waals surface area contributed by atoms with Gasteiger partial charge in [-0.1, -0.05) is 29.4 Å². The standard InChI is InChI=1S/C10H12N2O2/c1-7-5-3-4-6-9(7)10(11)12-14-8(2)13/h3-6H,1-2H3,(H2,11,12). The summed E-state index contributed by atoms with van der Waals surface area (Å²) < 4.78 is 0. The van der Waals surface area contributed by atoms with Crippen molar-refractivity contribution in [1.29, 1.82) is 0 Å². The summed E-state index contributed by atoms with van der Waals surface area (Å²) in [5, 5.41) is 3.50. The zero-order chi connectivity index (χ0) is 10.6. The Bertz CT molecular complexity index is 372. The van der Waals surface area contributed by atoms with Crippen molar-refractivity contribution in [2.75, 3.05) is 0 Å². The van der Waals surface area contributed by atoms with Crippen LogP contribution in [0.4, 0.5) is 0 Å². The molecule has 1 aromatic rings. The zero-order valence-corrected chi connectivity index (χ0v) is 8.15. The number of amidine groups is 1. The molecule has 0 saturated carbocycles. The average Bonchev–Trinajstić information content (AvgIpc) is 2.15. The largest absolute Gasteiger partial charge is 0.380 e. The molecule has 0 atom stereocenters. The Kier molecular flexibility index (Phi) is 3.23. The second-order valence-corrected chi connectivity index (χ2v) is 2.87. The number of hydrogen-bond acceptors (Lipinski definition) is 3. The molecule has 0 fully saturated rings. The number of carbonyl (C=O) groups is 1. The minimum Gasteiger partial charge on any atom is -0.380 e. The minimum atomic E-state index is -0.485. The second-order valence-electron chi connectivity index (χ2n) is 2.87. The van der Waals surface area contributed by atoms with Gasteiger partial charge in [-0.15, -0.1) is 0 Å². The Morgan fingerprint density at radius 1 is 1.43 bits per heavy atom. The van der Waals surface area contributed by atoms with Gasteiger partial charge >= 0.3 is 5.97 Å². The SMILES string of the molecule is CC(=O)ON=C(N)c1ccccc1C. The first kappa shape index (κ1) is 10.2. The van der Waals surface area contributed by atoms with Gasteiger partial charge in [0.2, 0.25) is 0 Å². The van der Waals surface area contributed by atoms with Gasteiger partial charge in [0, 0.05) is 12.5 Å². The summed E-state index contributed by atoms with van der Waals surface area (Å²) >= 11 is 0. The summed E-state index contributed by atoms with van der Waals surface area (Å²) in [7, 11) is 0. The van der Waals surface area contributed by atoms with Crippen LogP contribution in [0, 0.1) is 6.92 Å². The number of nitrogens with zero attached hydrogens (tertiary/aromatic N) is 1. The first-order valence-electron chi connectivity index (χ1n) is 4.18. The summed E-state index contributed by atoms with van der Waals surface area (Å²) in [6.07, 6.45) is 0. The van der Waals surface area contributed by atoms with Crippen molar-refractivity contribution in [1.82, 2.24) is 0 Å². The minimum absolute atomic E-state index is 0.207. The molecule has 0 amide bonds. The molecule has 1 rings (SSSR count). The molecule has 0 bridgehead atoms. The molecule has 4 heteroatoms. The number of benzene rings is 1. The molecular formula is C10H12N2O2. The van der Waals surface area contributed by atoms with Crippen LogP contribution in [0.3, 0.4) is 0 Å². The number of oxime groups is 1. The van der Waals surface area contributed by atoms with Gasteiger partial charge in [0.15, 0.2) is 5.84 Å². The third-order valence-corrected chi connectivity index (χ3v) is 1.69. The van der Waals surface area contributed by atoms with E-state index >= 15 is 0 Å². The highest BCUT2D eigenvalue weighted by Crippen LogP contribution is 2.06. The van der Waals surface area contributed by atoms with Crippen molar-refractivity contribution in [3.63, 3.8) is 0 Å². The fourth-order valence-corrected chi connectivity index (χ4v) is 1.02. The van der Waals surface area contributed by atoms with Crippen LogP contribution in [0.25, 0.3) is 0 Å². The highest BCUT2D eigenvalue weighted by molar-refractivity contribution is 5.98. The van der Waals surface area contributed by atoms with Gasteiger partial charge in [0.25, 0.3) is 0 Å². The van der Waals surface area contributed by atoms with Crippen molar-refractivity contribution in [3.05, 3.63) is 35.4 Å². The Morgan fingerprint density at radius 3 is 2.64 bits per heavy atom. The topological polar surface area (TPSA) is 64.7 Å². The average molecular weight is 192 g/mol. The lowest BCUT2D eigenvalue weighted by Crippen LogP contribution is -2.15. The normalized spacial score (nSPS) is 11.1. The monoisotopic (exact) mass is 192 g/mol. The van der Waals surface area contributed by atoms with Crippen LogP contribution in [-0.2, 0) is 9.63 Å². The number of nitrogens with two attached hydrogens (primary N) is 1. The fourth-order valence-electron chi connectivity index (χ4n) is 1.02. The first-order chi connectivity index (χ1) is 6.61. The van der Waals surface area contributed by atoms with E-state index in [0.29, 0.717) is 0 Å². The van der Waals surface area contributed by atoms with Crippen molar-refractivity contribution in [2.45, 2.75) is 13.8 Å². The third kappa shape index (κ3) is 2.58. The smallest absolute Gasteiger partial charge is 0.332 e. The van der Waals surface area contributed by atoms with E-state index in [4.69, 9.17) is 5.73 Å². The van der Waals surface area contributed by atoms with Gasteiger partial charge in [-0.05, 0) is 12.5 Å². The van der Waals surface area contributed by atoms with E-state index in [1.54, 1.807) is 0 Å². The van der Waals surface area contributed by atoms with Gasteiger partial charge in [-0.2, -0.15) is 0 Å². The van der Waals surface area contributed by atoms with Crippen LogP contribution in [0.5, 0.6) is 0 Å². The van der Waals surface area contributed by atoms with Crippen molar-refractivity contribution in [2.24, 2.45) is 10.9 Å². The predicted octanol–water partition coefficient (Wildman–Crippen LogP) is 1.18. The van der Waals surface area contributed by atoms with E-state index in [9.17, 15) is 4.79 Å². The maximum atomic E-state index is 10.5. The first-order valence-corrected chi connectivity index (χ1v) is 4.18. The summed E-state index contributed by atoms with van der Waals surface area (Å²) in [6.45, 7) is 3.18. The molecule has 0 unspecified atom stereocenters. The van der Waals surface area contributed by atoms with E-state index < -0.39 is 5.97 Å². The van der Waals surface area contributed by atoms with Crippen LogP contribution in [-0.4, -0.2) is 11.8 Å². The summed E-state index contributed by atoms with van der Waals surface area (Å²) in [4.78, 5) is 14.9. The lowest BCUT2D eigenvalue weighted by Gasteiger charge is -2.02. The molecule has 0 aliphatic heterocycles. The van der Waals surface area contributed by atoms with Gasteiger partial charge in [0.05, 0.1) is 0 Å². The molecule has 0 radical (unpaired) electrons. The Morgan fingerprint density at radius 2 is 2.07 bits per heavy atom. The van der Waals surface area contributed by atoms with Gasteiger partial charge in [-0.25, -0.2) is 4.79 Å². The Labute approximate surface area is 82.4 Å². The van der Waals surface area contributed by atoms with Crippen LogP contribution < -0.4 is 5.73 Å². The fraction of sp³-hybridized carbons (Fsp3) is 0.200. The van der Waals surface area contributed by atoms with Crippen LogP contribution in [0.15, 0.2) is 29.4 Å². The highest BCUT2D eigenvalue weighted by Gasteiger charge is 2.02. The Balaban J connectivity index is 2.89. The van der Waals surface area contributed by atoms with Crippen molar-refractivity contribution < 1.29 is 9.63 Å². The van der Waals surface area contributed by atoms with Crippen molar-refractivity contribution >= 4 is 11.8 Å². The van der Waals surface area contributed by atoms with Gasteiger partial charge in [0.1, 0.15) is 0 Å². The summed E-state index contributed by atoms with van der Waals surface area (Å²) in [5.41, 5.74) is 7.38. The number of aryl methyl sites for hydroxylation is 1. The maximum Gasteiger partial charge on any atom is 0.332 e. The molecular weight excluding hydrogens is 180 g/mol. The molecule has 2 N–H and O–H groups in total.